The van der Waals surface area contributed by atoms with Crippen molar-refractivity contribution in [2.75, 3.05) is 24.9 Å². The number of benzene rings is 2. The number of anilines is 2. The fraction of sp³-hybridized carbons (Fsp3) is 0.150. The monoisotopic (exact) mass is 493 g/mol. The summed E-state index contributed by atoms with van der Waals surface area (Å²) in [5.41, 5.74) is 0.874. The lowest BCUT2D eigenvalue weighted by Crippen LogP contribution is -2.16. The Balaban J connectivity index is 1.63. The molecule has 0 radical (unpaired) electrons. The predicted molar refractivity (Wildman–Crippen MR) is 116 cm³/mol. The first kappa shape index (κ1) is 21.7. The molecular weight excluding hydrogens is 477 g/mol. The van der Waals surface area contributed by atoms with Gasteiger partial charge >= 0.3 is 0 Å². The molecule has 0 atom stereocenters. The number of thiazole rings is 1. The highest BCUT2D eigenvalue weighted by molar-refractivity contribution is 9.10. The van der Waals surface area contributed by atoms with Gasteiger partial charge in [0.15, 0.2) is 5.13 Å². The number of hydrogen-bond donors (Lipinski definition) is 2. The second-order valence-corrected chi connectivity index (χ2v) is 7.82. The van der Waals surface area contributed by atoms with E-state index < -0.39 is 17.6 Å². The van der Waals surface area contributed by atoms with E-state index in [0.717, 1.165) is 0 Å². The van der Waals surface area contributed by atoms with Crippen molar-refractivity contribution in [3.63, 3.8) is 0 Å². The Hall–Kier alpha value is -2.98. The Bertz CT molecular complexity index is 1070. The number of aromatic nitrogens is 1. The van der Waals surface area contributed by atoms with Gasteiger partial charge in [-0.15, -0.1) is 11.3 Å². The standard InChI is InChI=1S/C20H17BrFN3O4S/c1-28-14-5-11(6-15(9-14)29-2)19(27)25-20-23-13(10-30-20)8-18(26)24-17-4-3-12(21)7-16(17)22/h3-7,9-10H,8H2,1-2H3,(H,24,26)(H,23,25,27). The summed E-state index contributed by atoms with van der Waals surface area (Å²) in [6, 6.07) is 9.17. The Morgan fingerprint density at radius 3 is 2.43 bits per heavy atom. The molecule has 0 fully saturated rings. The quantitative estimate of drug-likeness (QED) is 0.505. The number of nitrogens with one attached hydrogen (secondary N) is 2. The summed E-state index contributed by atoms with van der Waals surface area (Å²) in [6.07, 6.45) is -0.0607. The summed E-state index contributed by atoms with van der Waals surface area (Å²) in [5, 5.41) is 7.17. The van der Waals surface area contributed by atoms with E-state index in [1.807, 2.05) is 0 Å². The Morgan fingerprint density at radius 2 is 1.80 bits per heavy atom. The number of carbonyl (C=O) groups is 2. The molecule has 3 aromatic rings. The zero-order chi connectivity index (χ0) is 21.7. The highest BCUT2D eigenvalue weighted by Crippen LogP contribution is 2.24. The molecular formula is C20H17BrFN3O4S. The van der Waals surface area contributed by atoms with Crippen LogP contribution < -0.4 is 20.1 Å². The van der Waals surface area contributed by atoms with Gasteiger partial charge in [-0.05, 0) is 30.3 Å². The van der Waals surface area contributed by atoms with Crippen LogP contribution in [0.25, 0.3) is 0 Å². The molecule has 2 N–H and O–H groups in total. The molecule has 0 saturated heterocycles. The van der Waals surface area contributed by atoms with Crippen molar-refractivity contribution in [1.29, 1.82) is 0 Å². The van der Waals surface area contributed by atoms with Gasteiger partial charge in [0.25, 0.3) is 5.91 Å². The molecule has 0 spiro atoms. The van der Waals surface area contributed by atoms with Gasteiger partial charge in [0.1, 0.15) is 17.3 Å². The highest BCUT2D eigenvalue weighted by atomic mass is 79.9. The summed E-state index contributed by atoms with van der Waals surface area (Å²) >= 11 is 4.34. The number of carbonyl (C=O) groups excluding carboxylic acids is 2. The lowest BCUT2D eigenvalue weighted by molar-refractivity contribution is -0.115. The van der Waals surface area contributed by atoms with Crippen LogP contribution >= 0.6 is 27.3 Å². The number of hydrogen-bond acceptors (Lipinski definition) is 6. The zero-order valence-corrected chi connectivity index (χ0v) is 18.4. The van der Waals surface area contributed by atoms with E-state index >= 15 is 0 Å². The lowest BCUT2D eigenvalue weighted by atomic mass is 10.2. The van der Waals surface area contributed by atoms with Crippen molar-refractivity contribution >= 4 is 49.9 Å². The maximum Gasteiger partial charge on any atom is 0.257 e. The maximum absolute atomic E-state index is 13.8. The molecule has 0 saturated carbocycles. The molecule has 0 bridgehead atoms. The summed E-state index contributed by atoms with van der Waals surface area (Å²) in [6.45, 7) is 0. The van der Waals surface area contributed by atoms with Crippen LogP contribution in [0.15, 0.2) is 46.3 Å². The van der Waals surface area contributed by atoms with E-state index in [9.17, 15) is 14.0 Å². The molecule has 0 unspecified atom stereocenters. The molecule has 0 aliphatic rings. The highest BCUT2D eigenvalue weighted by Gasteiger charge is 2.14. The first-order valence-electron chi connectivity index (χ1n) is 8.61. The van der Waals surface area contributed by atoms with E-state index in [4.69, 9.17) is 9.47 Å². The smallest absolute Gasteiger partial charge is 0.257 e. The Labute approximate surface area is 184 Å². The third kappa shape index (κ3) is 5.55. The first-order valence-corrected chi connectivity index (χ1v) is 10.3. The number of methoxy groups -OCH3 is 2. The minimum atomic E-state index is -0.544. The number of amides is 2. The SMILES string of the molecule is COc1cc(OC)cc(C(=O)Nc2nc(CC(=O)Nc3ccc(Br)cc3F)cs2)c1. The van der Waals surface area contributed by atoms with Crippen LogP contribution in [0.4, 0.5) is 15.2 Å². The van der Waals surface area contributed by atoms with Crippen molar-refractivity contribution in [2.45, 2.75) is 6.42 Å². The molecule has 2 amide bonds. The minimum absolute atomic E-state index is 0.0607. The fourth-order valence-electron chi connectivity index (χ4n) is 2.50. The lowest BCUT2D eigenvalue weighted by Gasteiger charge is -2.08. The number of ether oxygens (including phenoxy) is 2. The van der Waals surface area contributed by atoms with Crippen LogP contribution in [0.5, 0.6) is 11.5 Å². The average molecular weight is 494 g/mol. The molecule has 10 heteroatoms. The molecule has 2 aromatic carbocycles. The van der Waals surface area contributed by atoms with Gasteiger partial charge in [-0.1, -0.05) is 15.9 Å². The summed E-state index contributed by atoms with van der Waals surface area (Å²) < 4.78 is 24.7. The summed E-state index contributed by atoms with van der Waals surface area (Å²) in [5.74, 6) is -0.392. The van der Waals surface area contributed by atoms with Gasteiger partial charge < -0.3 is 14.8 Å². The molecule has 0 aliphatic carbocycles. The maximum atomic E-state index is 13.8. The Morgan fingerprint density at radius 1 is 1.10 bits per heavy atom. The molecule has 3 rings (SSSR count). The summed E-state index contributed by atoms with van der Waals surface area (Å²) in [4.78, 5) is 28.9. The van der Waals surface area contributed by atoms with E-state index in [1.165, 1.54) is 37.7 Å². The van der Waals surface area contributed by atoms with Crippen LogP contribution in [0.3, 0.4) is 0 Å². The zero-order valence-electron chi connectivity index (χ0n) is 16.0. The first-order chi connectivity index (χ1) is 14.4. The van der Waals surface area contributed by atoms with Gasteiger partial charge in [0.05, 0.1) is 32.0 Å². The molecule has 7 nitrogen and oxygen atoms in total. The number of nitrogens with zero attached hydrogens (tertiary/aromatic N) is 1. The van der Waals surface area contributed by atoms with Crippen molar-refractivity contribution in [1.82, 2.24) is 4.98 Å². The van der Waals surface area contributed by atoms with Crippen molar-refractivity contribution in [3.8, 4) is 11.5 Å². The average Bonchev–Trinajstić information content (AvgIpc) is 3.16. The van der Waals surface area contributed by atoms with Crippen LogP contribution in [0.2, 0.25) is 0 Å². The van der Waals surface area contributed by atoms with Crippen molar-refractivity contribution < 1.29 is 23.5 Å². The van der Waals surface area contributed by atoms with Crippen LogP contribution in [-0.4, -0.2) is 31.0 Å². The molecule has 30 heavy (non-hydrogen) atoms. The fourth-order valence-corrected chi connectivity index (χ4v) is 3.54. The van der Waals surface area contributed by atoms with Gasteiger partial charge in [-0.3, -0.25) is 14.9 Å². The van der Waals surface area contributed by atoms with E-state index in [0.29, 0.717) is 32.4 Å². The molecule has 0 aliphatic heterocycles. The van der Waals surface area contributed by atoms with Gasteiger partial charge in [-0.2, -0.15) is 0 Å². The van der Waals surface area contributed by atoms with Crippen LogP contribution in [-0.2, 0) is 11.2 Å². The van der Waals surface area contributed by atoms with Gasteiger partial charge in [-0.25, -0.2) is 9.37 Å². The summed E-state index contributed by atoms with van der Waals surface area (Å²) in [7, 11) is 2.99. The van der Waals surface area contributed by atoms with E-state index in [2.05, 4.69) is 31.5 Å². The van der Waals surface area contributed by atoms with Crippen molar-refractivity contribution in [3.05, 3.63) is 63.3 Å². The van der Waals surface area contributed by atoms with Gasteiger partial charge in [0.2, 0.25) is 5.91 Å². The van der Waals surface area contributed by atoms with E-state index in [1.54, 1.807) is 29.6 Å². The Kier molecular flexibility index (Phi) is 7.01. The van der Waals surface area contributed by atoms with Crippen LogP contribution in [0, 0.1) is 5.82 Å². The predicted octanol–water partition coefficient (Wildman–Crippen LogP) is 4.50. The second-order valence-electron chi connectivity index (χ2n) is 6.05. The molecule has 156 valence electrons. The normalized spacial score (nSPS) is 10.4. The topological polar surface area (TPSA) is 89.6 Å². The largest absolute Gasteiger partial charge is 0.497 e. The van der Waals surface area contributed by atoms with E-state index in [-0.39, 0.29) is 12.1 Å². The third-order valence-corrected chi connectivity index (χ3v) is 5.23. The van der Waals surface area contributed by atoms with Crippen LogP contribution in [0.1, 0.15) is 16.1 Å². The number of halogens is 2. The second kappa shape index (κ2) is 9.68. The van der Waals surface area contributed by atoms with Gasteiger partial charge in [0, 0.05) is 21.5 Å². The molecule has 1 aromatic heterocycles. The minimum Gasteiger partial charge on any atom is -0.497 e. The van der Waals surface area contributed by atoms with Crippen molar-refractivity contribution in [2.24, 2.45) is 0 Å². The number of rotatable bonds is 7. The third-order valence-electron chi connectivity index (χ3n) is 3.93. The molecule has 1 heterocycles.